The van der Waals surface area contributed by atoms with Gasteiger partial charge in [-0.3, -0.25) is 4.79 Å². The Balaban J connectivity index is 2.23. The number of nitrogens with one attached hydrogen (secondary N) is 1. The van der Waals surface area contributed by atoms with Crippen LogP contribution in [-0.2, 0) is 14.3 Å². The summed E-state index contributed by atoms with van der Waals surface area (Å²) in [4.78, 5) is 38.1. The van der Waals surface area contributed by atoms with Crippen molar-refractivity contribution in [3.8, 4) is 0 Å². The summed E-state index contributed by atoms with van der Waals surface area (Å²) in [6.45, 7) is 3.55. The first-order valence-corrected chi connectivity index (χ1v) is 7.33. The first kappa shape index (κ1) is 15.0. The molecule has 6 nitrogen and oxygen atoms in total. The van der Waals surface area contributed by atoms with Crippen molar-refractivity contribution in [2.75, 3.05) is 6.61 Å². The predicted molar refractivity (Wildman–Crippen MR) is 82.9 cm³/mol. The number of amides is 3. The van der Waals surface area contributed by atoms with Crippen molar-refractivity contribution < 1.29 is 19.1 Å². The van der Waals surface area contributed by atoms with Gasteiger partial charge in [0.1, 0.15) is 6.04 Å². The van der Waals surface area contributed by atoms with Crippen LogP contribution >= 0.6 is 0 Å². The van der Waals surface area contributed by atoms with Crippen LogP contribution in [0.25, 0.3) is 6.08 Å². The Morgan fingerprint density at radius 2 is 2.00 bits per heavy atom. The summed E-state index contributed by atoms with van der Waals surface area (Å²) in [5, 5.41) is 2.57. The van der Waals surface area contributed by atoms with Crippen LogP contribution in [0, 0.1) is 0 Å². The van der Waals surface area contributed by atoms with E-state index >= 15 is 0 Å². The predicted octanol–water partition coefficient (Wildman–Crippen LogP) is 2.14. The number of ether oxygens (including phenoxy) is 1. The first-order valence-electron chi connectivity index (χ1n) is 7.33. The maximum Gasteiger partial charge on any atom is 0.338 e. The quantitative estimate of drug-likeness (QED) is 0.849. The SMILES string of the molecule is CCOC(=O)C1=C(C)NC(=O)N2C(=O)C=Cc3ccccc3C12. The minimum Gasteiger partial charge on any atom is -0.463 e. The summed E-state index contributed by atoms with van der Waals surface area (Å²) in [7, 11) is 0. The number of hydrogen-bond donors (Lipinski definition) is 1. The highest BCUT2D eigenvalue weighted by molar-refractivity contribution is 6.07. The van der Waals surface area contributed by atoms with Crippen LogP contribution in [0.5, 0.6) is 0 Å². The largest absolute Gasteiger partial charge is 0.463 e. The number of allylic oxidation sites excluding steroid dienone is 1. The maximum absolute atomic E-state index is 12.4. The van der Waals surface area contributed by atoms with Crippen LogP contribution in [0.3, 0.4) is 0 Å². The van der Waals surface area contributed by atoms with E-state index in [1.807, 2.05) is 18.2 Å². The standard InChI is InChI=1S/C17H16N2O4/c1-3-23-16(21)14-10(2)18-17(22)19-13(20)9-8-11-6-4-5-7-12(11)15(14)19/h4-9,15H,3H2,1-2H3,(H,18,22). The molecule has 118 valence electrons. The molecule has 0 fully saturated rings. The molecule has 0 saturated heterocycles. The second-order valence-corrected chi connectivity index (χ2v) is 5.26. The number of carbonyl (C=O) groups excluding carboxylic acids is 3. The fourth-order valence-electron chi connectivity index (χ4n) is 2.89. The molecule has 1 atom stereocenters. The van der Waals surface area contributed by atoms with E-state index in [2.05, 4.69) is 5.32 Å². The van der Waals surface area contributed by atoms with E-state index in [-0.39, 0.29) is 12.2 Å². The lowest BCUT2D eigenvalue weighted by atomic mass is 9.91. The number of urea groups is 1. The minimum atomic E-state index is -0.790. The molecule has 1 aromatic carbocycles. The van der Waals surface area contributed by atoms with Gasteiger partial charge in [0.05, 0.1) is 12.2 Å². The Morgan fingerprint density at radius 3 is 2.74 bits per heavy atom. The maximum atomic E-state index is 12.4. The molecule has 2 aliphatic rings. The smallest absolute Gasteiger partial charge is 0.338 e. The Kier molecular flexibility index (Phi) is 3.73. The molecule has 1 N–H and O–H groups in total. The molecule has 0 radical (unpaired) electrons. The molecule has 6 heteroatoms. The van der Waals surface area contributed by atoms with Gasteiger partial charge < -0.3 is 10.1 Å². The van der Waals surface area contributed by atoms with E-state index in [1.54, 1.807) is 26.0 Å². The van der Waals surface area contributed by atoms with Gasteiger partial charge in [-0.25, -0.2) is 14.5 Å². The summed E-state index contributed by atoms with van der Waals surface area (Å²) >= 11 is 0. The van der Waals surface area contributed by atoms with Crippen molar-refractivity contribution >= 4 is 24.0 Å². The van der Waals surface area contributed by atoms with Gasteiger partial charge >= 0.3 is 12.0 Å². The summed E-state index contributed by atoms with van der Waals surface area (Å²) in [5.74, 6) is -1.01. The van der Waals surface area contributed by atoms with Gasteiger partial charge in [0.2, 0.25) is 0 Å². The number of fused-ring (bicyclic) bond motifs is 3. The van der Waals surface area contributed by atoms with Crippen LogP contribution < -0.4 is 5.32 Å². The number of esters is 1. The summed E-state index contributed by atoms with van der Waals surface area (Å²) in [6.07, 6.45) is 2.99. The molecule has 0 spiro atoms. The van der Waals surface area contributed by atoms with E-state index in [1.165, 1.54) is 6.08 Å². The molecule has 1 aromatic rings. The molecule has 1 unspecified atom stereocenters. The Bertz CT molecular complexity index is 764. The highest BCUT2D eigenvalue weighted by Crippen LogP contribution is 2.38. The van der Waals surface area contributed by atoms with Gasteiger partial charge in [-0.2, -0.15) is 0 Å². The van der Waals surface area contributed by atoms with Gasteiger partial charge in [0.25, 0.3) is 5.91 Å². The number of rotatable bonds is 2. The average Bonchev–Trinajstić information content (AvgIpc) is 2.66. The van der Waals surface area contributed by atoms with Crippen molar-refractivity contribution in [3.05, 3.63) is 52.7 Å². The monoisotopic (exact) mass is 312 g/mol. The van der Waals surface area contributed by atoms with Crippen LogP contribution in [0.1, 0.15) is 31.0 Å². The fourth-order valence-corrected chi connectivity index (χ4v) is 2.89. The van der Waals surface area contributed by atoms with E-state index in [0.29, 0.717) is 11.3 Å². The van der Waals surface area contributed by atoms with Gasteiger partial charge in [-0.15, -0.1) is 0 Å². The average molecular weight is 312 g/mol. The molecule has 0 saturated carbocycles. The molecular formula is C17H16N2O4. The topological polar surface area (TPSA) is 75.7 Å². The Morgan fingerprint density at radius 1 is 1.26 bits per heavy atom. The van der Waals surface area contributed by atoms with Crippen LogP contribution in [0.4, 0.5) is 4.79 Å². The molecule has 2 aliphatic heterocycles. The Hall–Kier alpha value is -2.89. The highest BCUT2D eigenvalue weighted by atomic mass is 16.5. The molecule has 0 bridgehead atoms. The third-order valence-electron chi connectivity index (χ3n) is 3.88. The zero-order chi connectivity index (χ0) is 16.6. The van der Waals surface area contributed by atoms with Crippen LogP contribution in [0.15, 0.2) is 41.6 Å². The summed E-state index contributed by atoms with van der Waals surface area (Å²) < 4.78 is 5.12. The zero-order valence-corrected chi connectivity index (χ0v) is 12.8. The molecule has 0 aromatic heterocycles. The third-order valence-corrected chi connectivity index (χ3v) is 3.88. The molecule has 3 amide bonds. The highest BCUT2D eigenvalue weighted by Gasteiger charge is 2.42. The number of hydrogen-bond acceptors (Lipinski definition) is 4. The van der Waals surface area contributed by atoms with Gasteiger partial charge in [-0.1, -0.05) is 24.3 Å². The van der Waals surface area contributed by atoms with Gasteiger partial charge in [0, 0.05) is 11.8 Å². The Labute approximate surface area is 133 Å². The lowest BCUT2D eigenvalue weighted by molar-refractivity contribution is -0.139. The van der Waals surface area contributed by atoms with Crippen molar-refractivity contribution in [1.29, 1.82) is 0 Å². The second kappa shape index (κ2) is 5.72. The summed E-state index contributed by atoms with van der Waals surface area (Å²) in [5.41, 5.74) is 2.18. The molecule has 2 heterocycles. The molecule has 3 rings (SSSR count). The van der Waals surface area contributed by atoms with Crippen LogP contribution in [0.2, 0.25) is 0 Å². The number of carbonyl (C=O) groups is 3. The number of nitrogens with zero attached hydrogens (tertiary/aromatic N) is 1. The van der Waals surface area contributed by atoms with E-state index < -0.39 is 23.9 Å². The lowest BCUT2D eigenvalue weighted by Gasteiger charge is -2.35. The van der Waals surface area contributed by atoms with E-state index in [4.69, 9.17) is 4.74 Å². The van der Waals surface area contributed by atoms with Crippen LogP contribution in [-0.4, -0.2) is 29.4 Å². The molecule has 23 heavy (non-hydrogen) atoms. The first-order chi connectivity index (χ1) is 11.0. The molecular weight excluding hydrogens is 296 g/mol. The minimum absolute atomic E-state index is 0.212. The van der Waals surface area contributed by atoms with Gasteiger partial charge in [-0.05, 0) is 31.1 Å². The van der Waals surface area contributed by atoms with Crippen molar-refractivity contribution in [3.63, 3.8) is 0 Å². The summed E-state index contributed by atoms with van der Waals surface area (Å²) in [6, 6.07) is 5.96. The third kappa shape index (κ3) is 2.42. The van der Waals surface area contributed by atoms with Crippen molar-refractivity contribution in [2.24, 2.45) is 0 Å². The van der Waals surface area contributed by atoms with Crippen molar-refractivity contribution in [2.45, 2.75) is 19.9 Å². The van der Waals surface area contributed by atoms with Gasteiger partial charge in [0.15, 0.2) is 0 Å². The van der Waals surface area contributed by atoms with E-state index in [9.17, 15) is 14.4 Å². The normalized spacial score (nSPS) is 19.7. The number of benzene rings is 1. The van der Waals surface area contributed by atoms with E-state index in [0.717, 1.165) is 10.5 Å². The van der Waals surface area contributed by atoms with Crippen molar-refractivity contribution in [1.82, 2.24) is 10.2 Å². The number of imide groups is 1. The lowest BCUT2D eigenvalue weighted by Crippen LogP contribution is -2.50. The second-order valence-electron chi connectivity index (χ2n) is 5.26. The molecule has 0 aliphatic carbocycles. The zero-order valence-electron chi connectivity index (χ0n) is 12.8. The fraction of sp³-hybridized carbons (Fsp3) is 0.235.